The van der Waals surface area contributed by atoms with Gasteiger partial charge in [0.25, 0.3) is 6.43 Å². The van der Waals surface area contributed by atoms with Crippen molar-refractivity contribution in [3.05, 3.63) is 27.7 Å². The van der Waals surface area contributed by atoms with E-state index >= 15 is 0 Å². The van der Waals surface area contributed by atoms with Gasteiger partial charge in [-0.25, -0.2) is 8.78 Å². The third-order valence-corrected chi connectivity index (χ3v) is 2.19. The lowest BCUT2D eigenvalue weighted by Gasteiger charge is -2.13. The second kappa shape index (κ2) is 5.70. The van der Waals surface area contributed by atoms with Crippen LogP contribution in [0.25, 0.3) is 0 Å². The average Bonchev–Trinajstić information content (AvgIpc) is 2.09. The van der Waals surface area contributed by atoms with E-state index in [1.165, 1.54) is 12.1 Å². The molecule has 0 heterocycles. The second-order valence-corrected chi connectivity index (χ2v) is 3.53. The monoisotopic (exact) mass is 277 g/mol. The zero-order valence-corrected chi connectivity index (χ0v) is 9.58. The van der Waals surface area contributed by atoms with E-state index in [9.17, 15) is 13.9 Å². The number of hydrogen-bond acceptors (Lipinski definition) is 2. The Morgan fingerprint density at radius 2 is 1.80 bits per heavy atom. The first-order valence-electron chi connectivity index (χ1n) is 3.65. The molecular formula is C8H8Cl3F2NO. The van der Waals surface area contributed by atoms with E-state index in [1.807, 2.05) is 0 Å². The van der Waals surface area contributed by atoms with Crippen molar-refractivity contribution in [1.82, 2.24) is 0 Å². The van der Waals surface area contributed by atoms with Crippen molar-refractivity contribution in [3.63, 3.8) is 0 Å². The lowest BCUT2D eigenvalue weighted by Crippen LogP contribution is -2.19. The summed E-state index contributed by atoms with van der Waals surface area (Å²) in [6, 6.07) is 0.825. The number of phenolic OH excluding ortho intramolecular Hbond substituents is 1. The fourth-order valence-electron chi connectivity index (χ4n) is 0.976. The van der Waals surface area contributed by atoms with Crippen LogP contribution in [0.3, 0.4) is 0 Å². The molecule has 1 atom stereocenters. The zero-order valence-electron chi connectivity index (χ0n) is 7.25. The molecule has 0 spiro atoms. The predicted octanol–water partition coefficient (Wildman–Crippen LogP) is 3.39. The van der Waals surface area contributed by atoms with Gasteiger partial charge in [0.2, 0.25) is 0 Å². The van der Waals surface area contributed by atoms with Gasteiger partial charge in [0.1, 0.15) is 5.75 Å². The molecule has 0 fully saturated rings. The minimum atomic E-state index is -2.78. The molecule has 0 bridgehead atoms. The van der Waals surface area contributed by atoms with Gasteiger partial charge in [0.15, 0.2) is 0 Å². The topological polar surface area (TPSA) is 46.2 Å². The summed E-state index contributed by atoms with van der Waals surface area (Å²) < 4.78 is 24.5. The number of halogens is 5. The number of benzene rings is 1. The second-order valence-electron chi connectivity index (χ2n) is 2.69. The average molecular weight is 279 g/mol. The predicted molar refractivity (Wildman–Crippen MR) is 58.3 cm³/mol. The van der Waals surface area contributed by atoms with Crippen LogP contribution in [0.5, 0.6) is 5.75 Å². The van der Waals surface area contributed by atoms with Crippen LogP contribution in [0.2, 0.25) is 10.0 Å². The Kier molecular flexibility index (Phi) is 5.59. The molecule has 0 aliphatic heterocycles. The molecule has 0 unspecified atom stereocenters. The van der Waals surface area contributed by atoms with Gasteiger partial charge in [-0.2, -0.15) is 0 Å². The molecule has 2 nitrogen and oxygen atoms in total. The summed E-state index contributed by atoms with van der Waals surface area (Å²) in [4.78, 5) is 0. The van der Waals surface area contributed by atoms with Gasteiger partial charge < -0.3 is 10.8 Å². The van der Waals surface area contributed by atoms with Gasteiger partial charge in [-0.1, -0.05) is 23.2 Å². The molecule has 15 heavy (non-hydrogen) atoms. The molecule has 3 N–H and O–H groups in total. The standard InChI is InChI=1S/C8H7Cl2F2NO.ClH/c9-3-1-4(6(13)8(11)12)7(14)5(10)2-3;/h1-2,6,8,14H,13H2;1H/t6-;/m0./s1. The van der Waals surface area contributed by atoms with Crippen LogP contribution in [0.4, 0.5) is 8.78 Å². The van der Waals surface area contributed by atoms with Crippen LogP contribution in [-0.2, 0) is 0 Å². The van der Waals surface area contributed by atoms with Crippen LogP contribution in [0.15, 0.2) is 12.1 Å². The van der Waals surface area contributed by atoms with Gasteiger partial charge in [0, 0.05) is 10.6 Å². The lowest BCUT2D eigenvalue weighted by atomic mass is 10.1. The zero-order chi connectivity index (χ0) is 10.9. The summed E-state index contributed by atoms with van der Waals surface area (Å²) in [7, 11) is 0. The minimum Gasteiger partial charge on any atom is -0.506 e. The summed E-state index contributed by atoms with van der Waals surface area (Å²) in [6.45, 7) is 0. The molecule has 0 radical (unpaired) electrons. The Labute approximate surface area is 101 Å². The maximum atomic E-state index is 12.2. The molecule has 0 saturated carbocycles. The third-order valence-electron chi connectivity index (χ3n) is 1.69. The highest BCUT2D eigenvalue weighted by molar-refractivity contribution is 6.35. The molecule has 1 rings (SSSR count). The maximum absolute atomic E-state index is 12.2. The van der Waals surface area contributed by atoms with E-state index in [1.54, 1.807) is 0 Å². The van der Waals surface area contributed by atoms with Crippen molar-refractivity contribution in [3.8, 4) is 5.75 Å². The van der Waals surface area contributed by atoms with Gasteiger partial charge in [-0.3, -0.25) is 0 Å². The van der Waals surface area contributed by atoms with Crippen LogP contribution >= 0.6 is 35.6 Å². The van der Waals surface area contributed by atoms with Crippen LogP contribution < -0.4 is 5.73 Å². The number of hydrogen-bond donors (Lipinski definition) is 2. The minimum absolute atomic E-state index is 0. The van der Waals surface area contributed by atoms with E-state index in [-0.39, 0.29) is 28.0 Å². The number of aromatic hydroxyl groups is 1. The normalized spacial score (nSPS) is 12.4. The van der Waals surface area contributed by atoms with Crippen LogP contribution in [0, 0.1) is 0 Å². The van der Waals surface area contributed by atoms with Crippen molar-refractivity contribution < 1.29 is 13.9 Å². The molecule has 0 aliphatic carbocycles. The Morgan fingerprint density at radius 1 is 1.27 bits per heavy atom. The van der Waals surface area contributed by atoms with Crippen molar-refractivity contribution >= 4 is 35.6 Å². The fourth-order valence-corrected chi connectivity index (χ4v) is 1.48. The molecule has 0 amide bonds. The SMILES string of the molecule is Cl.N[C@@H](c1cc(Cl)cc(Cl)c1O)C(F)F. The van der Waals surface area contributed by atoms with E-state index in [0.29, 0.717) is 0 Å². The van der Waals surface area contributed by atoms with Crippen molar-refractivity contribution in [2.75, 3.05) is 0 Å². The molecular weight excluding hydrogens is 270 g/mol. The lowest BCUT2D eigenvalue weighted by molar-refractivity contribution is 0.115. The molecule has 0 aliphatic rings. The molecule has 0 aromatic heterocycles. The van der Waals surface area contributed by atoms with Gasteiger partial charge in [-0.15, -0.1) is 12.4 Å². The van der Waals surface area contributed by atoms with E-state index in [2.05, 4.69) is 0 Å². The number of nitrogens with two attached hydrogens (primary N) is 1. The summed E-state index contributed by atoms with van der Waals surface area (Å²) in [5.41, 5.74) is 4.99. The van der Waals surface area contributed by atoms with E-state index < -0.39 is 18.2 Å². The number of rotatable bonds is 2. The largest absolute Gasteiger partial charge is 0.506 e. The molecule has 0 saturated heterocycles. The Hall–Kier alpha value is -0.290. The smallest absolute Gasteiger partial charge is 0.257 e. The van der Waals surface area contributed by atoms with Crippen molar-refractivity contribution in [1.29, 1.82) is 0 Å². The van der Waals surface area contributed by atoms with Gasteiger partial charge in [0.05, 0.1) is 11.1 Å². The molecule has 1 aromatic carbocycles. The van der Waals surface area contributed by atoms with E-state index in [0.717, 1.165) is 0 Å². The highest BCUT2D eigenvalue weighted by Gasteiger charge is 2.22. The Morgan fingerprint density at radius 3 is 2.27 bits per heavy atom. The molecule has 1 aromatic rings. The highest BCUT2D eigenvalue weighted by Crippen LogP contribution is 2.35. The first kappa shape index (κ1) is 14.7. The first-order valence-corrected chi connectivity index (χ1v) is 4.40. The Balaban J connectivity index is 0.00000196. The highest BCUT2D eigenvalue weighted by atomic mass is 35.5. The van der Waals surface area contributed by atoms with E-state index in [4.69, 9.17) is 28.9 Å². The van der Waals surface area contributed by atoms with Crippen LogP contribution in [0.1, 0.15) is 11.6 Å². The summed E-state index contributed by atoms with van der Waals surface area (Å²) >= 11 is 11.1. The van der Waals surface area contributed by atoms with Crippen LogP contribution in [-0.4, -0.2) is 11.5 Å². The number of alkyl halides is 2. The first-order chi connectivity index (χ1) is 6.43. The van der Waals surface area contributed by atoms with Crippen molar-refractivity contribution in [2.45, 2.75) is 12.5 Å². The summed E-state index contributed by atoms with van der Waals surface area (Å²) in [6.07, 6.45) is -2.78. The molecule has 7 heteroatoms. The maximum Gasteiger partial charge on any atom is 0.257 e. The quantitative estimate of drug-likeness (QED) is 0.871. The summed E-state index contributed by atoms with van der Waals surface area (Å²) in [5, 5.41) is 9.40. The summed E-state index contributed by atoms with van der Waals surface area (Å²) in [5.74, 6) is -0.455. The van der Waals surface area contributed by atoms with Gasteiger partial charge in [-0.05, 0) is 12.1 Å². The number of phenols is 1. The van der Waals surface area contributed by atoms with Crippen molar-refractivity contribution in [2.24, 2.45) is 5.73 Å². The molecule has 86 valence electrons. The van der Waals surface area contributed by atoms with Gasteiger partial charge >= 0.3 is 0 Å². The third kappa shape index (κ3) is 3.34. The fraction of sp³-hybridized carbons (Fsp3) is 0.250. The Bertz CT molecular complexity index is 349.